The fourth-order valence-corrected chi connectivity index (χ4v) is 7.74. The van der Waals surface area contributed by atoms with E-state index in [0.717, 1.165) is 16.8 Å². The molecule has 2 heterocycles. The van der Waals surface area contributed by atoms with Crippen LogP contribution in [0.2, 0.25) is 0 Å². The molecule has 4 atom stereocenters. The molecule has 4 N–H and O–H groups in total. The van der Waals surface area contributed by atoms with Gasteiger partial charge in [-0.05, 0) is 84.0 Å². The normalized spacial score (nSPS) is 17.4. The Kier molecular flexibility index (Phi) is 15.0. The van der Waals surface area contributed by atoms with Crippen molar-refractivity contribution in [2.75, 3.05) is 42.8 Å². The largest absolute Gasteiger partial charge is 0.453 e. The lowest BCUT2D eigenvalue weighted by Crippen LogP contribution is -2.57. The van der Waals surface area contributed by atoms with Crippen molar-refractivity contribution in [2.45, 2.75) is 104 Å². The van der Waals surface area contributed by atoms with Gasteiger partial charge in [-0.2, -0.15) is 0 Å². The summed E-state index contributed by atoms with van der Waals surface area (Å²) in [4.78, 5) is 83.8. The van der Waals surface area contributed by atoms with Gasteiger partial charge in [-0.15, -0.1) is 0 Å². The SMILES string of the molecule is COC(=O)N[C@H](C(=O)N1CCC[C@H]1C(=O)Nc1ccc(CN(Cc2ccc(NC(=O)[C@@H]3CCCN3C(=O)[C@@H](NC(=O)OC)C(C)(C)C)cc2)c2ccccc2)cc1)C(C)(C)C. The van der Waals surface area contributed by atoms with Crippen LogP contribution in [-0.2, 0) is 41.7 Å². The number of carbonyl (C=O) groups is 6. The standard InChI is InChI=1S/C46H61N7O8/c1-45(2,3)37(49-43(58)60-7)41(56)52-26-12-16-35(52)39(54)47-32-22-18-30(19-23-32)28-51(34-14-10-9-11-15-34)29-31-20-24-33(25-21-31)48-40(55)36-17-13-27-53(36)42(57)38(46(4,5)6)50-44(59)61-8/h9-11,14-15,18-25,35-38H,12-13,16-17,26-29H2,1-8H3,(H,47,54)(H,48,55)(H,49,58)(H,50,59)/t35-,36-,37+,38+/m0/s1. The molecule has 15 nitrogen and oxygen atoms in total. The van der Waals surface area contributed by atoms with Crippen LogP contribution >= 0.6 is 0 Å². The molecule has 2 aliphatic heterocycles. The van der Waals surface area contributed by atoms with Crippen LogP contribution in [0.3, 0.4) is 0 Å². The summed E-state index contributed by atoms with van der Waals surface area (Å²) in [5, 5.41) is 11.3. The van der Waals surface area contributed by atoms with Crippen LogP contribution in [0.25, 0.3) is 0 Å². The van der Waals surface area contributed by atoms with Crippen molar-refractivity contribution in [3.8, 4) is 0 Å². The van der Waals surface area contributed by atoms with Crippen LogP contribution in [0.15, 0.2) is 78.9 Å². The first-order valence-electron chi connectivity index (χ1n) is 20.8. The molecule has 0 aromatic heterocycles. The van der Waals surface area contributed by atoms with Crippen molar-refractivity contribution in [1.29, 1.82) is 0 Å². The van der Waals surface area contributed by atoms with Gasteiger partial charge < -0.3 is 45.4 Å². The summed E-state index contributed by atoms with van der Waals surface area (Å²) in [6, 6.07) is 22.2. The van der Waals surface area contributed by atoms with Crippen molar-refractivity contribution in [1.82, 2.24) is 20.4 Å². The first-order valence-corrected chi connectivity index (χ1v) is 20.8. The van der Waals surface area contributed by atoms with Gasteiger partial charge in [-0.3, -0.25) is 19.2 Å². The van der Waals surface area contributed by atoms with E-state index in [9.17, 15) is 28.8 Å². The molecule has 2 aliphatic rings. The Labute approximate surface area is 358 Å². The number of para-hydroxylation sites is 1. The topological polar surface area (TPSA) is 179 Å². The predicted octanol–water partition coefficient (Wildman–Crippen LogP) is 6.29. The minimum absolute atomic E-state index is 0.286. The molecule has 2 saturated heterocycles. The molecule has 6 amide bonds. The molecule has 0 radical (unpaired) electrons. The average molecular weight is 840 g/mol. The highest BCUT2D eigenvalue weighted by atomic mass is 16.5. The number of anilines is 3. The number of methoxy groups -OCH3 is 2. The number of hydrogen-bond donors (Lipinski definition) is 4. The fraction of sp³-hybridized carbons (Fsp3) is 0.478. The summed E-state index contributed by atoms with van der Waals surface area (Å²) in [7, 11) is 2.49. The van der Waals surface area contributed by atoms with E-state index in [1.807, 2.05) is 120 Å². The number of carbonyl (C=O) groups excluding carboxylic acids is 6. The Morgan fingerprint density at radius 3 is 1.33 bits per heavy atom. The summed E-state index contributed by atoms with van der Waals surface area (Å²) >= 11 is 0. The zero-order valence-corrected chi connectivity index (χ0v) is 36.6. The number of likely N-dealkylation sites (tertiary alicyclic amines) is 2. The smallest absolute Gasteiger partial charge is 0.407 e. The number of hydrogen-bond acceptors (Lipinski definition) is 9. The minimum atomic E-state index is -0.863. The first kappa shape index (κ1) is 46.0. The Hall–Kier alpha value is -6.12. The highest BCUT2D eigenvalue weighted by Crippen LogP contribution is 2.29. The summed E-state index contributed by atoms with van der Waals surface area (Å²) < 4.78 is 9.51. The molecular weight excluding hydrogens is 779 g/mol. The Morgan fingerprint density at radius 2 is 0.984 bits per heavy atom. The zero-order chi connectivity index (χ0) is 44.5. The quantitative estimate of drug-likeness (QED) is 0.154. The molecule has 0 bridgehead atoms. The molecule has 0 aliphatic carbocycles. The van der Waals surface area contributed by atoms with Gasteiger partial charge in [-0.1, -0.05) is 84.0 Å². The molecule has 2 fully saturated rings. The Balaban J connectivity index is 1.21. The molecule has 3 aromatic carbocycles. The van der Waals surface area contributed by atoms with Gasteiger partial charge in [0.25, 0.3) is 0 Å². The maximum Gasteiger partial charge on any atom is 0.407 e. The van der Waals surface area contributed by atoms with Crippen LogP contribution in [0.5, 0.6) is 0 Å². The van der Waals surface area contributed by atoms with Crippen molar-refractivity contribution < 1.29 is 38.2 Å². The lowest BCUT2D eigenvalue weighted by Gasteiger charge is -2.35. The number of nitrogens with zero attached hydrogens (tertiary/aromatic N) is 3. The first-order chi connectivity index (χ1) is 28.9. The monoisotopic (exact) mass is 839 g/mol. The average Bonchev–Trinajstić information content (AvgIpc) is 3.93. The molecule has 61 heavy (non-hydrogen) atoms. The second-order valence-electron chi connectivity index (χ2n) is 17.8. The van der Waals surface area contributed by atoms with Crippen molar-refractivity contribution >= 4 is 52.9 Å². The van der Waals surface area contributed by atoms with Crippen LogP contribution in [0.1, 0.15) is 78.4 Å². The van der Waals surface area contributed by atoms with Gasteiger partial charge in [-0.25, -0.2) is 9.59 Å². The summed E-state index contributed by atoms with van der Waals surface area (Å²) in [5.74, 6) is -1.22. The van der Waals surface area contributed by atoms with Gasteiger partial charge in [0.1, 0.15) is 24.2 Å². The van der Waals surface area contributed by atoms with Crippen LogP contribution in [0.4, 0.5) is 26.7 Å². The molecule has 328 valence electrons. The van der Waals surface area contributed by atoms with E-state index >= 15 is 0 Å². The maximum absolute atomic E-state index is 13.7. The number of alkyl carbamates (subject to hydrolysis) is 2. The molecule has 0 saturated carbocycles. The van der Waals surface area contributed by atoms with Crippen molar-refractivity contribution in [3.63, 3.8) is 0 Å². The van der Waals surface area contributed by atoms with Crippen LogP contribution < -0.4 is 26.2 Å². The number of nitrogens with one attached hydrogen (secondary N) is 4. The molecule has 0 unspecified atom stereocenters. The van der Waals surface area contributed by atoms with Gasteiger partial charge >= 0.3 is 12.2 Å². The summed E-state index contributed by atoms with van der Waals surface area (Å²) in [6.45, 7) is 13.1. The zero-order valence-electron chi connectivity index (χ0n) is 36.6. The van der Waals surface area contributed by atoms with E-state index in [4.69, 9.17) is 9.47 Å². The van der Waals surface area contributed by atoms with E-state index in [1.165, 1.54) is 14.2 Å². The van der Waals surface area contributed by atoms with Gasteiger partial charge in [0.15, 0.2) is 0 Å². The molecule has 15 heteroatoms. The Bertz CT molecular complexity index is 1890. The van der Waals surface area contributed by atoms with E-state index in [1.54, 1.807) is 9.80 Å². The van der Waals surface area contributed by atoms with Crippen LogP contribution in [0, 0.1) is 10.8 Å². The van der Waals surface area contributed by atoms with E-state index in [2.05, 4.69) is 26.2 Å². The van der Waals surface area contributed by atoms with Crippen molar-refractivity contribution in [3.05, 3.63) is 90.0 Å². The van der Waals surface area contributed by atoms with Crippen LogP contribution in [-0.4, -0.2) is 97.1 Å². The second-order valence-corrected chi connectivity index (χ2v) is 17.8. The second kappa shape index (κ2) is 20.0. The number of ether oxygens (including phenoxy) is 2. The molecule has 0 spiro atoms. The minimum Gasteiger partial charge on any atom is -0.453 e. The molecule has 3 aromatic rings. The Morgan fingerprint density at radius 1 is 0.607 bits per heavy atom. The summed E-state index contributed by atoms with van der Waals surface area (Å²) in [5.41, 5.74) is 3.04. The highest BCUT2D eigenvalue weighted by Gasteiger charge is 2.43. The maximum atomic E-state index is 13.7. The summed E-state index contributed by atoms with van der Waals surface area (Å²) in [6.07, 6.45) is 0.960. The van der Waals surface area contributed by atoms with E-state index < -0.39 is 47.2 Å². The highest BCUT2D eigenvalue weighted by molar-refractivity contribution is 6.00. The fourth-order valence-electron chi connectivity index (χ4n) is 7.74. The van der Waals surface area contributed by atoms with E-state index in [0.29, 0.717) is 63.2 Å². The lowest BCUT2D eigenvalue weighted by molar-refractivity contribution is -0.140. The van der Waals surface area contributed by atoms with Gasteiger partial charge in [0.2, 0.25) is 23.6 Å². The van der Waals surface area contributed by atoms with Gasteiger partial charge in [0, 0.05) is 43.2 Å². The molecule has 5 rings (SSSR count). The number of rotatable bonds is 13. The number of benzene rings is 3. The lowest BCUT2D eigenvalue weighted by atomic mass is 9.85. The third kappa shape index (κ3) is 12.0. The number of amides is 6. The third-order valence-electron chi connectivity index (χ3n) is 11.1. The van der Waals surface area contributed by atoms with Crippen molar-refractivity contribution in [2.24, 2.45) is 10.8 Å². The van der Waals surface area contributed by atoms with Gasteiger partial charge in [0.05, 0.1) is 14.2 Å². The van der Waals surface area contributed by atoms with E-state index in [-0.39, 0.29) is 23.6 Å². The third-order valence-corrected chi connectivity index (χ3v) is 11.1. The predicted molar refractivity (Wildman–Crippen MR) is 234 cm³/mol. The molecular formula is C46H61N7O8.